The molecule has 6 heteroatoms. The summed E-state index contributed by atoms with van der Waals surface area (Å²) in [5.41, 5.74) is 4.94. The molecule has 1 aliphatic rings. The number of halogens is 1. The summed E-state index contributed by atoms with van der Waals surface area (Å²) in [7, 11) is 0. The number of hydrogen-bond donors (Lipinski definition) is 0. The smallest absolute Gasteiger partial charge is 0.227 e. The van der Waals surface area contributed by atoms with Crippen LogP contribution in [-0.4, -0.2) is 47.0 Å². The predicted octanol–water partition coefficient (Wildman–Crippen LogP) is 4.84. The first-order valence-corrected chi connectivity index (χ1v) is 11.4. The molecule has 0 saturated carbocycles. The number of aromatic nitrogens is 2. The number of carbonyl (C=O) groups is 1. The van der Waals surface area contributed by atoms with E-state index in [1.54, 1.807) is 12.1 Å². The van der Waals surface area contributed by atoms with Gasteiger partial charge in [0, 0.05) is 37.8 Å². The van der Waals surface area contributed by atoms with Crippen LogP contribution in [-0.2, 0) is 11.2 Å². The van der Waals surface area contributed by atoms with Gasteiger partial charge in [-0.15, -0.1) is 0 Å². The van der Waals surface area contributed by atoms with Crippen molar-refractivity contribution in [2.45, 2.75) is 6.42 Å². The first-order chi connectivity index (χ1) is 16.7. The Balaban J connectivity index is 1.18. The number of carbonyl (C=O) groups excluding carboxylic acids is 1. The average molecular weight is 453 g/mol. The molecule has 4 aromatic rings. The summed E-state index contributed by atoms with van der Waals surface area (Å²) in [6.07, 6.45) is 1.93. The molecule has 5 nitrogen and oxygen atoms in total. The van der Waals surface area contributed by atoms with E-state index in [9.17, 15) is 9.18 Å². The summed E-state index contributed by atoms with van der Waals surface area (Å²) in [5.74, 6) is 0.686. The molecule has 1 fully saturated rings. The van der Waals surface area contributed by atoms with E-state index in [1.807, 2.05) is 41.3 Å². The number of anilines is 1. The molecule has 34 heavy (non-hydrogen) atoms. The van der Waals surface area contributed by atoms with Crippen molar-refractivity contribution in [3.8, 4) is 22.4 Å². The maximum absolute atomic E-state index is 13.2. The van der Waals surface area contributed by atoms with Crippen molar-refractivity contribution in [1.29, 1.82) is 0 Å². The molecule has 0 N–H and O–H groups in total. The van der Waals surface area contributed by atoms with E-state index in [1.165, 1.54) is 24.0 Å². The van der Waals surface area contributed by atoms with E-state index in [0.29, 0.717) is 32.6 Å². The Kier molecular flexibility index (Phi) is 6.29. The molecule has 1 aliphatic heterocycles. The Bertz CT molecular complexity index is 1250. The third kappa shape index (κ3) is 4.96. The van der Waals surface area contributed by atoms with Crippen LogP contribution in [0.1, 0.15) is 5.56 Å². The van der Waals surface area contributed by atoms with Crippen molar-refractivity contribution >= 4 is 11.7 Å². The molecule has 0 aliphatic carbocycles. The van der Waals surface area contributed by atoms with Gasteiger partial charge in [-0.2, -0.15) is 0 Å². The lowest BCUT2D eigenvalue weighted by Gasteiger charge is -2.35. The Morgan fingerprint density at radius 2 is 1.41 bits per heavy atom. The van der Waals surface area contributed by atoms with Crippen LogP contribution in [0.5, 0.6) is 0 Å². The zero-order chi connectivity index (χ0) is 23.3. The molecule has 170 valence electrons. The Labute approximate surface area is 198 Å². The fourth-order valence-corrected chi connectivity index (χ4v) is 4.22. The molecule has 5 rings (SSSR count). The van der Waals surface area contributed by atoms with Gasteiger partial charge >= 0.3 is 0 Å². The highest BCUT2D eigenvalue weighted by molar-refractivity contribution is 5.79. The SMILES string of the molecule is O=C(Cc1ccc(-c2ccccc2)cc1)N1CCN(c2cc(-c3ccc(F)cc3)ncn2)CC1. The van der Waals surface area contributed by atoms with Gasteiger partial charge in [-0.1, -0.05) is 54.6 Å². The third-order valence-corrected chi connectivity index (χ3v) is 6.17. The fourth-order valence-electron chi connectivity index (χ4n) is 4.22. The molecule has 0 spiro atoms. The predicted molar refractivity (Wildman–Crippen MR) is 132 cm³/mol. The molecule has 3 aromatic carbocycles. The maximum Gasteiger partial charge on any atom is 0.227 e. The zero-order valence-electron chi connectivity index (χ0n) is 18.8. The first-order valence-electron chi connectivity index (χ1n) is 11.4. The number of hydrogen-bond acceptors (Lipinski definition) is 4. The van der Waals surface area contributed by atoms with Crippen molar-refractivity contribution in [3.63, 3.8) is 0 Å². The zero-order valence-corrected chi connectivity index (χ0v) is 18.8. The van der Waals surface area contributed by atoms with E-state index >= 15 is 0 Å². The number of rotatable bonds is 5. The molecule has 1 saturated heterocycles. The molecule has 2 heterocycles. The summed E-state index contributed by atoms with van der Waals surface area (Å²) >= 11 is 0. The molecular weight excluding hydrogens is 427 g/mol. The first kappa shape index (κ1) is 21.8. The van der Waals surface area contributed by atoms with Crippen LogP contribution in [0.3, 0.4) is 0 Å². The quantitative estimate of drug-likeness (QED) is 0.435. The highest BCUT2D eigenvalue weighted by Gasteiger charge is 2.22. The van der Waals surface area contributed by atoms with E-state index < -0.39 is 0 Å². The average Bonchev–Trinajstić information content (AvgIpc) is 2.90. The van der Waals surface area contributed by atoms with Gasteiger partial charge in [0.1, 0.15) is 18.0 Å². The van der Waals surface area contributed by atoms with Crippen LogP contribution in [0.2, 0.25) is 0 Å². The highest BCUT2D eigenvalue weighted by Crippen LogP contribution is 2.23. The molecule has 1 aromatic heterocycles. The Morgan fingerprint density at radius 3 is 2.12 bits per heavy atom. The molecule has 0 bridgehead atoms. The summed E-state index contributed by atoms with van der Waals surface area (Å²) in [5, 5.41) is 0. The van der Waals surface area contributed by atoms with Gasteiger partial charge in [0.15, 0.2) is 0 Å². The second-order valence-electron chi connectivity index (χ2n) is 8.38. The molecular formula is C28H25FN4O. The lowest BCUT2D eigenvalue weighted by molar-refractivity contribution is -0.130. The van der Waals surface area contributed by atoms with Crippen LogP contribution in [0.25, 0.3) is 22.4 Å². The van der Waals surface area contributed by atoms with E-state index in [0.717, 1.165) is 28.2 Å². The second kappa shape index (κ2) is 9.83. The minimum atomic E-state index is -0.272. The van der Waals surface area contributed by atoms with Crippen LogP contribution in [0, 0.1) is 5.82 Å². The van der Waals surface area contributed by atoms with E-state index in [2.05, 4.69) is 39.1 Å². The Morgan fingerprint density at radius 1 is 0.765 bits per heavy atom. The second-order valence-corrected chi connectivity index (χ2v) is 8.38. The standard InChI is InChI=1S/C28H25FN4O/c29-25-12-10-24(11-13-25)26-19-27(31-20-30-26)32-14-16-33(17-15-32)28(34)18-21-6-8-23(9-7-21)22-4-2-1-3-5-22/h1-13,19-20H,14-18H2. The third-order valence-electron chi connectivity index (χ3n) is 6.17. The van der Waals surface area contributed by atoms with Crippen molar-refractivity contribution in [3.05, 3.63) is 103 Å². The largest absolute Gasteiger partial charge is 0.353 e. The number of benzene rings is 3. The maximum atomic E-state index is 13.2. The molecule has 0 radical (unpaired) electrons. The normalized spacial score (nSPS) is 13.7. The number of piperazine rings is 1. The summed E-state index contributed by atoms with van der Waals surface area (Å²) < 4.78 is 13.2. The number of nitrogens with zero attached hydrogens (tertiary/aromatic N) is 4. The molecule has 1 amide bonds. The van der Waals surface area contributed by atoms with Crippen molar-refractivity contribution in [2.24, 2.45) is 0 Å². The minimum Gasteiger partial charge on any atom is -0.353 e. The van der Waals surface area contributed by atoms with Gasteiger partial charge in [0.25, 0.3) is 0 Å². The van der Waals surface area contributed by atoms with Gasteiger partial charge in [-0.3, -0.25) is 4.79 Å². The van der Waals surface area contributed by atoms with Crippen molar-refractivity contribution < 1.29 is 9.18 Å². The Hall–Kier alpha value is -4.06. The topological polar surface area (TPSA) is 49.3 Å². The van der Waals surface area contributed by atoms with Crippen molar-refractivity contribution in [2.75, 3.05) is 31.1 Å². The van der Waals surface area contributed by atoms with Gasteiger partial charge in [0.05, 0.1) is 12.1 Å². The monoisotopic (exact) mass is 452 g/mol. The van der Waals surface area contributed by atoms with Crippen LogP contribution < -0.4 is 4.90 Å². The lowest BCUT2D eigenvalue weighted by atomic mass is 10.0. The minimum absolute atomic E-state index is 0.141. The van der Waals surface area contributed by atoms with Gasteiger partial charge < -0.3 is 9.80 Å². The van der Waals surface area contributed by atoms with E-state index in [-0.39, 0.29) is 11.7 Å². The van der Waals surface area contributed by atoms with Crippen molar-refractivity contribution in [1.82, 2.24) is 14.9 Å². The van der Waals surface area contributed by atoms with Gasteiger partial charge in [-0.25, -0.2) is 14.4 Å². The van der Waals surface area contributed by atoms with Crippen LogP contribution in [0.4, 0.5) is 10.2 Å². The van der Waals surface area contributed by atoms with Gasteiger partial charge in [-0.05, 0) is 41.0 Å². The summed E-state index contributed by atoms with van der Waals surface area (Å²) in [6.45, 7) is 2.71. The van der Waals surface area contributed by atoms with Crippen LogP contribution in [0.15, 0.2) is 91.3 Å². The van der Waals surface area contributed by atoms with Crippen LogP contribution >= 0.6 is 0 Å². The fraction of sp³-hybridized carbons (Fsp3) is 0.179. The summed E-state index contributed by atoms with van der Waals surface area (Å²) in [4.78, 5) is 25.7. The highest BCUT2D eigenvalue weighted by atomic mass is 19.1. The number of amides is 1. The van der Waals surface area contributed by atoms with E-state index in [4.69, 9.17) is 0 Å². The molecule has 0 unspecified atom stereocenters. The van der Waals surface area contributed by atoms with Gasteiger partial charge in [0.2, 0.25) is 5.91 Å². The molecule has 0 atom stereocenters. The summed E-state index contributed by atoms with van der Waals surface area (Å²) in [6, 6.07) is 26.6. The lowest BCUT2D eigenvalue weighted by Crippen LogP contribution is -2.49.